The maximum atomic E-state index is 11.9. The van der Waals surface area contributed by atoms with Crippen molar-refractivity contribution >= 4 is 11.9 Å². The first-order valence-electron chi connectivity index (χ1n) is 6.32. The second-order valence-electron chi connectivity index (χ2n) is 4.46. The molecule has 1 aromatic rings. The molecule has 0 spiro atoms. The third-order valence-corrected chi connectivity index (χ3v) is 3.07. The number of ether oxygens (including phenoxy) is 1. The van der Waals surface area contributed by atoms with Gasteiger partial charge in [-0.05, 0) is 19.4 Å². The maximum Gasteiger partial charge on any atom is 0.330 e. The Morgan fingerprint density at radius 3 is 2.68 bits per heavy atom. The molecule has 1 aliphatic rings. The van der Waals surface area contributed by atoms with E-state index in [0.29, 0.717) is 6.54 Å². The Kier molecular flexibility index (Phi) is 4.16. The molecular weight excluding hydrogens is 246 g/mol. The summed E-state index contributed by atoms with van der Waals surface area (Å²) in [6, 6.07) is 8.86. The van der Waals surface area contributed by atoms with E-state index < -0.39 is 23.9 Å². The van der Waals surface area contributed by atoms with Crippen LogP contribution in [0.4, 0.5) is 0 Å². The van der Waals surface area contributed by atoms with Crippen LogP contribution in [0.25, 0.3) is 0 Å². The molecule has 0 unspecified atom stereocenters. The molecule has 5 heteroatoms. The lowest BCUT2D eigenvalue weighted by Gasteiger charge is -2.20. The predicted molar refractivity (Wildman–Crippen MR) is 67.7 cm³/mol. The van der Waals surface area contributed by atoms with Gasteiger partial charge in [0.05, 0.1) is 19.1 Å². The van der Waals surface area contributed by atoms with E-state index in [0.717, 1.165) is 5.56 Å². The third-order valence-electron chi connectivity index (χ3n) is 3.07. The second kappa shape index (κ2) is 5.84. The van der Waals surface area contributed by atoms with Crippen molar-refractivity contribution < 1.29 is 19.2 Å². The lowest BCUT2D eigenvalue weighted by molar-refractivity contribution is -0.185. The minimum absolute atomic E-state index is 0.287. The molecule has 1 heterocycles. The van der Waals surface area contributed by atoms with Gasteiger partial charge >= 0.3 is 11.9 Å². The van der Waals surface area contributed by atoms with E-state index in [2.05, 4.69) is 0 Å². The second-order valence-corrected chi connectivity index (χ2v) is 4.46. The number of hydrogen-bond donors (Lipinski definition) is 0. The van der Waals surface area contributed by atoms with E-state index >= 15 is 0 Å². The fourth-order valence-corrected chi connectivity index (χ4v) is 2.08. The molecule has 1 aliphatic heterocycles. The molecular formula is C14H17NO4. The highest BCUT2D eigenvalue weighted by Crippen LogP contribution is 2.25. The lowest BCUT2D eigenvalue weighted by Crippen LogP contribution is -2.39. The molecule has 1 saturated heterocycles. The van der Waals surface area contributed by atoms with Gasteiger partial charge in [0.2, 0.25) is 0 Å². The number of rotatable bonds is 4. The number of carbonyl (C=O) groups excluding carboxylic acids is 2. The van der Waals surface area contributed by atoms with E-state index in [1.54, 1.807) is 13.8 Å². The first-order chi connectivity index (χ1) is 9.13. The molecule has 0 amide bonds. The van der Waals surface area contributed by atoms with Crippen molar-refractivity contribution in [3.05, 3.63) is 35.9 Å². The molecule has 2 atom stereocenters. The normalized spacial score (nSPS) is 23.2. The minimum Gasteiger partial charge on any atom is -0.465 e. The number of hydroxylamine groups is 2. The van der Waals surface area contributed by atoms with Crippen molar-refractivity contribution in [2.45, 2.75) is 26.4 Å². The molecule has 1 aromatic carbocycles. The van der Waals surface area contributed by atoms with Gasteiger partial charge in [-0.1, -0.05) is 30.3 Å². The van der Waals surface area contributed by atoms with Crippen LogP contribution in [0.1, 0.15) is 19.4 Å². The third kappa shape index (κ3) is 2.93. The molecule has 0 saturated carbocycles. The van der Waals surface area contributed by atoms with Gasteiger partial charge in [0, 0.05) is 0 Å². The van der Waals surface area contributed by atoms with Crippen LogP contribution in [-0.4, -0.2) is 29.7 Å². The smallest absolute Gasteiger partial charge is 0.330 e. The highest BCUT2D eigenvalue weighted by molar-refractivity contribution is 5.86. The predicted octanol–water partition coefficient (Wildman–Crippen LogP) is 1.53. The van der Waals surface area contributed by atoms with Gasteiger partial charge in [-0.25, -0.2) is 4.79 Å². The van der Waals surface area contributed by atoms with Crippen LogP contribution in [0.2, 0.25) is 0 Å². The summed E-state index contributed by atoms with van der Waals surface area (Å²) in [6.07, 6.45) is 0. The summed E-state index contributed by atoms with van der Waals surface area (Å²) < 4.78 is 5.00. The Balaban J connectivity index is 2.13. The van der Waals surface area contributed by atoms with E-state index in [1.807, 2.05) is 30.3 Å². The quantitative estimate of drug-likeness (QED) is 0.771. The van der Waals surface area contributed by atoms with E-state index in [1.165, 1.54) is 5.06 Å². The van der Waals surface area contributed by atoms with Gasteiger partial charge in [0.25, 0.3) is 0 Å². The highest BCUT2D eigenvalue weighted by Gasteiger charge is 2.46. The van der Waals surface area contributed by atoms with Gasteiger partial charge in [-0.3, -0.25) is 4.79 Å². The zero-order valence-electron chi connectivity index (χ0n) is 11.0. The number of esters is 1. The zero-order valence-corrected chi connectivity index (χ0v) is 11.0. The van der Waals surface area contributed by atoms with Crippen LogP contribution in [-0.2, 0) is 25.7 Å². The van der Waals surface area contributed by atoms with Crippen LogP contribution >= 0.6 is 0 Å². The monoisotopic (exact) mass is 263 g/mol. The summed E-state index contributed by atoms with van der Waals surface area (Å²) in [5.41, 5.74) is 0.971. The SMILES string of the molecule is CCOC(=O)[C@@H]1[C@@H](C)C(=O)ON1Cc1ccccc1. The van der Waals surface area contributed by atoms with Gasteiger partial charge in [0.15, 0.2) is 6.04 Å². The summed E-state index contributed by atoms with van der Waals surface area (Å²) in [5.74, 6) is -1.33. The number of nitrogens with zero attached hydrogens (tertiary/aromatic N) is 1. The van der Waals surface area contributed by atoms with Crippen LogP contribution in [0, 0.1) is 5.92 Å². The van der Waals surface area contributed by atoms with Gasteiger partial charge in [0.1, 0.15) is 0 Å². The van der Waals surface area contributed by atoms with E-state index in [4.69, 9.17) is 9.57 Å². The first kappa shape index (κ1) is 13.5. The Morgan fingerprint density at radius 1 is 1.37 bits per heavy atom. The molecule has 102 valence electrons. The standard InChI is InChI=1S/C14H17NO4/c1-3-18-14(17)12-10(2)13(16)19-15(12)9-11-7-5-4-6-8-11/h4-8,10,12H,3,9H2,1-2H3/t10-,12+/m1/s1. The summed E-state index contributed by atoms with van der Waals surface area (Å²) in [6.45, 7) is 4.08. The van der Waals surface area contributed by atoms with Crippen LogP contribution < -0.4 is 0 Å². The Morgan fingerprint density at radius 2 is 2.05 bits per heavy atom. The Labute approximate surface area is 112 Å². The first-order valence-corrected chi connectivity index (χ1v) is 6.32. The summed E-state index contributed by atoms with van der Waals surface area (Å²) >= 11 is 0. The summed E-state index contributed by atoms with van der Waals surface area (Å²) in [7, 11) is 0. The molecule has 0 bridgehead atoms. The fraction of sp³-hybridized carbons (Fsp3) is 0.429. The number of benzene rings is 1. The van der Waals surface area contributed by atoms with Gasteiger partial charge < -0.3 is 9.57 Å². The maximum absolute atomic E-state index is 11.9. The molecule has 2 rings (SSSR count). The summed E-state index contributed by atoms with van der Waals surface area (Å²) in [5, 5.41) is 1.40. The molecule has 0 aliphatic carbocycles. The van der Waals surface area contributed by atoms with Crippen LogP contribution in [0.3, 0.4) is 0 Å². The zero-order chi connectivity index (χ0) is 13.8. The van der Waals surface area contributed by atoms with Crippen molar-refractivity contribution in [2.24, 2.45) is 5.92 Å². The topological polar surface area (TPSA) is 55.8 Å². The van der Waals surface area contributed by atoms with Gasteiger partial charge in [-0.2, -0.15) is 0 Å². The van der Waals surface area contributed by atoms with Crippen LogP contribution in [0.5, 0.6) is 0 Å². The van der Waals surface area contributed by atoms with Crippen molar-refractivity contribution in [3.8, 4) is 0 Å². The molecule has 19 heavy (non-hydrogen) atoms. The molecule has 0 aromatic heterocycles. The average molecular weight is 263 g/mol. The molecule has 0 N–H and O–H groups in total. The van der Waals surface area contributed by atoms with Crippen molar-refractivity contribution in [3.63, 3.8) is 0 Å². The van der Waals surface area contributed by atoms with Crippen molar-refractivity contribution in [1.29, 1.82) is 0 Å². The molecule has 5 nitrogen and oxygen atoms in total. The van der Waals surface area contributed by atoms with Crippen LogP contribution in [0.15, 0.2) is 30.3 Å². The van der Waals surface area contributed by atoms with E-state index in [-0.39, 0.29) is 6.61 Å². The number of carbonyl (C=O) groups is 2. The largest absolute Gasteiger partial charge is 0.465 e. The number of hydrogen-bond acceptors (Lipinski definition) is 5. The minimum atomic E-state index is -0.673. The Hall–Kier alpha value is -1.88. The lowest BCUT2D eigenvalue weighted by atomic mass is 10.0. The highest BCUT2D eigenvalue weighted by atomic mass is 16.7. The van der Waals surface area contributed by atoms with Crippen molar-refractivity contribution in [1.82, 2.24) is 5.06 Å². The van der Waals surface area contributed by atoms with Crippen molar-refractivity contribution in [2.75, 3.05) is 6.61 Å². The van der Waals surface area contributed by atoms with E-state index in [9.17, 15) is 9.59 Å². The molecule has 0 radical (unpaired) electrons. The fourth-order valence-electron chi connectivity index (χ4n) is 2.08. The molecule has 1 fully saturated rings. The summed E-state index contributed by atoms with van der Waals surface area (Å²) in [4.78, 5) is 28.7. The average Bonchev–Trinajstić information content (AvgIpc) is 2.66. The van der Waals surface area contributed by atoms with Gasteiger partial charge in [-0.15, -0.1) is 5.06 Å². The Bertz CT molecular complexity index is 460.